The van der Waals surface area contributed by atoms with Gasteiger partial charge < -0.3 is 4.74 Å². The molecule has 0 N–H and O–H groups in total. The van der Waals surface area contributed by atoms with Crippen molar-refractivity contribution in [3.63, 3.8) is 0 Å². The second-order valence-electron chi connectivity index (χ2n) is 3.76. The molecular weight excluding hydrogens is 287 g/mol. The minimum atomic E-state index is -0.696. The standard InChI is InChI=1S/C13H8ClFN2O3/c1-20-13(19)8-2-7(3-9(15)4-8)11-10(5-18)12(14)17-6-16-11/h2-6H,1H3. The molecule has 7 heteroatoms. The first-order valence-corrected chi connectivity index (χ1v) is 5.79. The molecule has 0 saturated carbocycles. The van der Waals surface area contributed by atoms with Crippen molar-refractivity contribution in [2.45, 2.75) is 0 Å². The number of halogens is 2. The number of esters is 1. The van der Waals surface area contributed by atoms with Crippen molar-refractivity contribution >= 4 is 23.9 Å². The smallest absolute Gasteiger partial charge is 0.337 e. The van der Waals surface area contributed by atoms with Gasteiger partial charge in [0.25, 0.3) is 0 Å². The molecule has 2 aromatic rings. The zero-order valence-electron chi connectivity index (χ0n) is 10.3. The molecule has 0 aliphatic carbocycles. The Morgan fingerprint density at radius 3 is 2.75 bits per heavy atom. The minimum Gasteiger partial charge on any atom is -0.465 e. The van der Waals surface area contributed by atoms with Crippen LogP contribution in [0.1, 0.15) is 20.7 Å². The van der Waals surface area contributed by atoms with Gasteiger partial charge in [-0.25, -0.2) is 19.2 Å². The molecule has 1 aromatic carbocycles. The van der Waals surface area contributed by atoms with E-state index in [9.17, 15) is 14.0 Å². The van der Waals surface area contributed by atoms with Crippen molar-refractivity contribution in [3.8, 4) is 11.3 Å². The van der Waals surface area contributed by atoms with Crippen molar-refractivity contribution in [2.75, 3.05) is 7.11 Å². The van der Waals surface area contributed by atoms with Crippen LogP contribution in [0.4, 0.5) is 4.39 Å². The summed E-state index contributed by atoms with van der Waals surface area (Å²) in [7, 11) is 1.19. The molecule has 2 rings (SSSR count). The fraction of sp³-hybridized carbons (Fsp3) is 0.0769. The summed E-state index contributed by atoms with van der Waals surface area (Å²) in [4.78, 5) is 30.1. The summed E-state index contributed by atoms with van der Waals surface area (Å²) in [6.07, 6.45) is 1.62. The molecule has 0 radical (unpaired) electrons. The normalized spacial score (nSPS) is 10.2. The van der Waals surface area contributed by atoms with E-state index in [1.54, 1.807) is 0 Å². The monoisotopic (exact) mass is 294 g/mol. The molecule has 102 valence electrons. The van der Waals surface area contributed by atoms with Gasteiger partial charge in [0.1, 0.15) is 17.3 Å². The molecule has 0 amide bonds. The topological polar surface area (TPSA) is 69.2 Å². The number of hydrogen-bond acceptors (Lipinski definition) is 5. The van der Waals surface area contributed by atoms with Crippen molar-refractivity contribution in [3.05, 3.63) is 46.6 Å². The number of benzene rings is 1. The Hall–Kier alpha value is -2.34. The van der Waals surface area contributed by atoms with Crippen LogP contribution >= 0.6 is 11.6 Å². The largest absolute Gasteiger partial charge is 0.465 e. The second kappa shape index (κ2) is 5.75. The van der Waals surface area contributed by atoms with E-state index in [-0.39, 0.29) is 27.5 Å². The number of rotatable bonds is 3. The number of hydrogen-bond donors (Lipinski definition) is 0. The fourth-order valence-electron chi connectivity index (χ4n) is 1.67. The summed E-state index contributed by atoms with van der Waals surface area (Å²) < 4.78 is 18.1. The molecule has 1 aromatic heterocycles. The van der Waals surface area contributed by atoms with Crippen LogP contribution in [-0.2, 0) is 4.74 Å². The molecule has 1 heterocycles. The van der Waals surface area contributed by atoms with Crippen molar-refractivity contribution in [1.82, 2.24) is 9.97 Å². The summed E-state index contributed by atoms with van der Waals surface area (Å²) in [5.74, 6) is -1.35. The maximum Gasteiger partial charge on any atom is 0.337 e. The lowest BCUT2D eigenvalue weighted by Crippen LogP contribution is -2.03. The van der Waals surface area contributed by atoms with E-state index in [1.165, 1.54) is 13.2 Å². The van der Waals surface area contributed by atoms with Gasteiger partial charge in [0, 0.05) is 5.56 Å². The van der Waals surface area contributed by atoms with Crippen LogP contribution in [0.5, 0.6) is 0 Å². The highest BCUT2D eigenvalue weighted by Crippen LogP contribution is 2.26. The van der Waals surface area contributed by atoms with Crippen molar-refractivity contribution < 1.29 is 18.7 Å². The Bertz CT molecular complexity index is 691. The van der Waals surface area contributed by atoms with E-state index < -0.39 is 11.8 Å². The van der Waals surface area contributed by atoms with Gasteiger partial charge in [-0.1, -0.05) is 11.6 Å². The van der Waals surface area contributed by atoms with Gasteiger partial charge in [0.15, 0.2) is 6.29 Å². The SMILES string of the molecule is COC(=O)c1cc(F)cc(-c2ncnc(Cl)c2C=O)c1. The third-order valence-corrected chi connectivity index (χ3v) is 2.85. The van der Waals surface area contributed by atoms with E-state index in [2.05, 4.69) is 14.7 Å². The summed E-state index contributed by atoms with van der Waals surface area (Å²) in [6.45, 7) is 0. The van der Waals surface area contributed by atoms with Crippen molar-refractivity contribution in [2.24, 2.45) is 0 Å². The Balaban J connectivity index is 2.64. The van der Waals surface area contributed by atoms with Crippen LogP contribution in [0.25, 0.3) is 11.3 Å². The predicted octanol–water partition coefficient (Wildman–Crippen LogP) is 2.54. The molecule has 5 nitrogen and oxygen atoms in total. The third kappa shape index (κ3) is 2.65. The van der Waals surface area contributed by atoms with Crippen LogP contribution in [0, 0.1) is 5.82 Å². The zero-order chi connectivity index (χ0) is 14.7. The van der Waals surface area contributed by atoms with Crippen LogP contribution in [0.3, 0.4) is 0 Å². The fourth-order valence-corrected chi connectivity index (χ4v) is 1.85. The first kappa shape index (κ1) is 14.1. The molecular formula is C13H8ClFN2O3. The van der Waals surface area contributed by atoms with Crippen LogP contribution in [0.2, 0.25) is 5.15 Å². The Kier molecular flexibility index (Phi) is 4.05. The van der Waals surface area contributed by atoms with E-state index in [0.29, 0.717) is 6.29 Å². The lowest BCUT2D eigenvalue weighted by atomic mass is 10.0. The van der Waals surface area contributed by atoms with Crippen LogP contribution in [-0.4, -0.2) is 29.3 Å². The number of carbonyl (C=O) groups excluding carboxylic acids is 2. The van der Waals surface area contributed by atoms with E-state index in [0.717, 1.165) is 18.5 Å². The summed E-state index contributed by atoms with van der Waals surface area (Å²) in [5.41, 5.74) is 0.408. The first-order valence-electron chi connectivity index (χ1n) is 5.41. The molecule has 0 bridgehead atoms. The average Bonchev–Trinajstić information content (AvgIpc) is 2.45. The van der Waals surface area contributed by atoms with E-state index in [4.69, 9.17) is 11.6 Å². The number of ether oxygens (including phenoxy) is 1. The summed E-state index contributed by atoms with van der Waals surface area (Å²) >= 11 is 5.78. The molecule has 0 unspecified atom stereocenters. The molecule has 20 heavy (non-hydrogen) atoms. The Labute approximate surface area is 118 Å². The molecule has 0 aliphatic heterocycles. The average molecular weight is 295 g/mol. The van der Waals surface area contributed by atoms with Gasteiger partial charge in [-0.05, 0) is 18.2 Å². The predicted molar refractivity (Wildman–Crippen MR) is 69.2 cm³/mol. The molecule has 0 aliphatic rings. The van der Waals surface area contributed by atoms with Crippen LogP contribution in [0.15, 0.2) is 24.5 Å². The maximum atomic E-state index is 13.6. The maximum absolute atomic E-state index is 13.6. The second-order valence-corrected chi connectivity index (χ2v) is 4.12. The number of aldehydes is 1. The van der Waals surface area contributed by atoms with Gasteiger partial charge in [-0.15, -0.1) is 0 Å². The Morgan fingerprint density at radius 1 is 1.35 bits per heavy atom. The summed E-state index contributed by atoms with van der Waals surface area (Å²) in [6, 6.07) is 3.53. The third-order valence-electron chi connectivity index (χ3n) is 2.55. The number of methoxy groups -OCH3 is 1. The lowest BCUT2D eigenvalue weighted by molar-refractivity contribution is 0.0600. The highest BCUT2D eigenvalue weighted by Gasteiger charge is 2.15. The van der Waals surface area contributed by atoms with E-state index in [1.807, 2.05) is 0 Å². The van der Waals surface area contributed by atoms with Crippen molar-refractivity contribution in [1.29, 1.82) is 0 Å². The number of aromatic nitrogens is 2. The molecule has 0 atom stereocenters. The van der Waals surface area contributed by atoms with Gasteiger partial charge in [-0.3, -0.25) is 4.79 Å². The zero-order valence-corrected chi connectivity index (χ0v) is 11.0. The van der Waals surface area contributed by atoms with Crippen LogP contribution < -0.4 is 0 Å². The first-order chi connectivity index (χ1) is 9.56. The minimum absolute atomic E-state index is 0.00841. The van der Waals surface area contributed by atoms with Gasteiger partial charge >= 0.3 is 5.97 Å². The molecule has 0 fully saturated rings. The van der Waals surface area contributed by atoms with Gasteiger partial charge in [0.2, 0.25) is 0 Å². The highest BCUT2D eigenvalue weighted by atomic mass is 35.5. The van der Waals surface area contributed by atoms with E-state index >= 15 is 0 Å². The van der Waals surface area contributed by atoms with Gasteiger partial charge in [-0.2, -0.15) is 0 Å². The molecule has 0 spiro atoms. The quantitative estimate of drug-likeness (QED) is 0.494. The molecule has 0 saturated heterocycles. The lowest BCUT2D eigenvalue weighted by Gasteiger charge is -2.07. The summed E-state index contributed by atoms with van der Waals surface area (Å²) in [5, 5.41) is -0.0473. The number of carbonyl (C=O) groups is 2. The number of nitrogens with zero attached hydrogens (tertiary/aromatic N) is 2. The highest BCUT2D eigenvalue weighted by molar-refractivity contribution is 6.32. The van der Waals surface area contributed by atoms with Gasteiger partial charge in [0.05, 0.1) is 23.9 Å². The Morgan fingerprint density at radius 2 is 2.10 bits per heavy atom.